The molecule has 0 aliphatic carbocycles. The summed E-state index contributed by atoms with van der Waals surface area (Å²) in [7, 11) is 0. The Morgan fingerprint density at radius 3 is 2.45 bits per heavy atom. The lowest BCUT2D eigenvalue weighted by Crippen LogP contribution is -2.06. The highest BCUT2D eigenvalue weighted by Gasteiger charge is 2.02. The van der Waals surface area contributed by atoms with Gasteiger partial charge in [-0.25, -0.2) is 4.89 Å². The molecule has 2 N–H and O–H groups in total. The van der Waals surface area contributed by atoms with Gasteiger partial charge in [0, 0.05) is 6.42 Å². The van der Waals surface area contributed by atoms with Crippen LogP contribution in [0.3, 0.4) is 0 Å². The summed E-state index contributed by atoms with van der Waals surface area (Å²) in [5.74, 6) is -0.699. The zero-order valence-electron chi connectivity index (χ0n) is 13.9. The van der Waals surface area contributed by atoms with E-state index >= 15 is 0 Å². The molecular weight excluding hydrogens is 297 g/mol. The van der Waals surface area contributed by atoms with Gasteiger partial charge in [0.2, 0.25) is 0 Å². The van der Waals surface area contributed by atoms with Crippen LogP contribution in [0, 0.1) is 0 Å². The fourth-order valence-corrected chi connectivity index (χ4v) is 2.21. The zero-order chi connectivity index (χ0) is 16.5. The number of carboxylic acid groups (broad SMARTS) is 1. The van der Waals surface area contributed by atoms with E-state index < -0.39 is 5.97 Å². The summed E-state index contributed by atoms with van der Waals surface area (Å²) in [6, 6.07) is 0. The second-order valence-electron chi connectivity index (χ2n) is 5.65. The molecule has 1 atom stereocenters. The van der Waals surface area contributed by atoms with Crippen LogP contribution in [-0.4, -0.2) is 22.4 Å². The lowest BCUT2D eigenvalue weighted by Gasteiger charge is -2.07. The first-order valence-corrected chi connectivity index (χ1v) is 8.56. The molecule has 0 radical (unpaired) electrons. The van der Waals surface area contributed by atoms with E-state index in [0.29, 0.717) is 0 Å². The van der Waals surface area contributed by atoms with Crippen molar-refractivity contribution in [3.63, 3.8) is 0 Å². The van der Waals surface area contributed by atoms with Gasteiger partial charge in [-0.2, -0.15) is 0 Å². The third-order valence-electron chi connectivity index (χ3n) is 3.56. The SMILES string of the molecule is [13CH3][13CH2][13CH2][13CH2][13CH2][13CH](/[13CH]=[13CH]/[13CH]=[13CH]\[13CH2][13CH2][13CH2][13CH2][13CH2][13CH2][13CH2]C(=O)O)OO. The molecule has 0 saturated carbocycles. The Bertz CT molecular complexity index is 310. The van der Waals surface area contributed by atoms with E-state index in [1.165, 1.54) is 0 Å². The minimum atomic E-state index is -0.699. The summed E-state index contributed by atoms with van der Waals surface area (Å²) in [5.41, 5.74) is 0. The van der Waals surface area contributed by atoms with Gasteiger partial charge in [0.05, 0.1) is 0 Å². The van der Waals surface area contributed by atoms with Crippen LogP contribution < -0.4 is 0 Å². The molecule has 0 bridgehead atoms. The van der Waals surface area contributed by atoms with E-state index in [1.807, 2.05) is 18.2 Å². The topological polar surface area (TPSA) is 66.8 Å². The molecule has 0 amide bonds. The average Bonchev–Trinajstić information content (AvgIpc) is 2.50. The van der Waals surface area contributed by atoms with Crippen molar-refractivity contribution in [3.05, 3.63) is 24.3 Å². The van der Waals surface area contributed by atoms with E-state index in [0.717, 1.165) is 64.2 Å². The van der Waals surface area contributed by atoms with Crippen molar-refractivity contribution in [3.8, 4) is 0 Å². The van der Waals surface area contributed by atoms with Gasteiger partial charge in [0.1, 0.15) is 6.10 Å². The smallest absolute Gasteiger partial charge is 0.303 e. The summed E-state index contributed by atoms with van der Waals surface area (Å²) in [6.45, 7) is 2.15. The van der Waals surface area contributed by atoms with Crippen molar-refractivity contribution in [2.75, 3.05) is 0 Å². The molecule has 0 spiro atoms. The predicted octanol–water partition coefficient (Wildman–Crippen LogP) is 5.35. The molecule has 0 fully saturated rings. The molecule has 0 aromatic rings. The van der Waals surface area contributed by atoms with E-state index in [4.69, 9.17) is 10.4 Å². The molecule has 128 valence electrons. The van der Waals surface area contributed by atoms with Crippen molar-refractivity contribution < 1.29 is 20.0 Å². The van der Waals surface area contributed by atoms with E-state index in [-0.39, 0.29) is 12.5 Å². The minimum absolute atomic E-state index is 0.203. The highest BCUT2D eigenvalue weighted by atomic mass is 17.1. The van der Waals surface area contributed by atoms with E-state index in [1.54, 1.807) is 0 Å². The fourth-order valence-electron chi connectivity index (χ4n) is 2.21. The first-order valence-electron chi connectivity index (χ1n) is 8.56. The van der Waals surface area contributed by atoms with Gasteiger partial charge in [-0.1, -0.05) is 69.8 Å². The molecule has 0 aromatic carbocycles. The Balaban J connectivity index is 3.51. The summed E-state index contributed by atoms with van der Waals surface area (Å²) in [4.78, 5) is 14.8. The summed E-state index contributed by atoms with van der Waals surface area (Å²) in [5, 5.41) is 17.3. The normalized spacial score (nSPS) is 13.2. The molecule has 22 heavy (non-hydrogen) atoms. The summed E-state index contributed by atoms with van der Waals surface area (Å²) < 4.78 is 0. The van der Waals surface area contributed by atoms with Crippen molar-refractivity contribution in [2.45, 2.75) is 83.7 Å². The number of carbonyl (C=O) groups is 1. The van der Waals surface area contributed by atoms with Gasteiger partial charge in [-0.3, -0.25) is 10.1 Å². The van der Waals surface area contributed by atoms with Gasteiger partial charge in [-0.05, 0) is 25.7 Å². The number of unbranched alkanes of at least 4 members (excludes halogenated alkanes) is 7. The third kappa shape index (κ3) is 15.3. The quantitative estimate of drug-likeness (QED) is 0.140. The number of rotatable bonds is 15. The molecule has 0 heterocycles. The van der Waals surface area contributed by atoms with Crippen LogP contribution in [0.1, 0.15) is 77.6 Å². The first-order chi connectivity index (χ1) is 10.7. The summed E-state index contributed by atoms with van der Waals surface area (Å²) >= 11 is 0. The van der Waals surface area contributed by atoms with Crippen molar-refractivity contribution >= 4 is 5.97 Å². The van der Waals surface area contributed by atoms with Gasteiger partial charge < -0.3 is 5.11 Å². The zero-order valence-corrected chi connectivity index (χ0v) is 13.9. The Labute approximate surface area is 134 Å². The van der Waals surface area contributed by atoms with Crippen molar-refractivity contribution in [1.29, 1.82) is 0 Å². The van der Waals surface area contributed by atoms with Gasteiger partial charge in [-0.15, -0.1) is 0 Å². The third-order valence-corrected chi connectivity index (χ3v) is 3.56. The minimum Gasteiger partial charge on any atom is -0.481 e. The number of aliphatic carboxylic acids is 1. The monoisotopic (exact) mass is 329 g/mol. The molecule has 0 aliphatic rings. The fraction of sp³-hybridized carbons (Fsp3) is 0.722. The van der Waals surface area contributed by atoms with Crippen molar-refractivity contribution in [1.82, 2.24) is 0 Å². The lowest BCUT2D eigenvalue weighted by atomic mass is 10.9. The van der Waals surface area contributed by atoms with E-state index in [9.17, 15) is 4.79 Å². The molecule has 4 nitrogen and oxygen atoms in total. The maximum absolute atomic E-state index is 10.3. The van der Waals surface area contributed by atoms with Gasteiger partial charge in [0.15, 0.2) is 0 Å². The lowest BCUT2D eigenvalue weighted by molar-refractivity contribution is -0.267. The Morgan fingerprint density at radius 1 is 1.05 bits per heavy atom. The standard InChI is InChI=1S/C18H32O4/c1-2-3-11-14-17(22-21)15-12-9-7-5-4-6-8-10-13-16-18(19)20/h7,9,12,15,17,21H,2-6,8,10-11,13-14,16H2,1H3,(H,19,20)/b9-7-,15-12+/i1+1,2+1,3+1,4+1,5+1,6+1,7+1,8+1,9+1,10+1,11+1,12+1,13+1,14+1,15+1,16+1,17+1. The average molecular weight is 329 g/mol. The number of hydrogen-bond acceptors (Lipinski definition) is 3. The Hall–Kier alpha value is -1.13. The largest absolute Gasteiger partial charge is 0.481 e. The number of carboxylic acids is 1. The van der Waals surface area contributed by atoms with Gasteiger partial charge >= 0.3 is 5.97 Å². The Kier molecular flexibility index (Phi) is 15.4. The second-order valence-corrected chi connectivity index (χ2v) is 5.65. The van der Waals surface area contributed by atoms with Crippen LogP contribution in [0.15, 0.2) is 24.3 Å². The van der Waals surface area contributed by atoms with Crippen molar-refractivity contribution in [2.24, 2.45) is 0 Å². The second kappa shape index (κ2) is 16.2. The molecule has 1 unspecified atom stereocenters. The molecule has 0 aromatic heterocycles. The Morgan fingerprint density at radius 2 is 1.77 bits per heavy atom. The first kappa shape index (κ1) is 20.9. The van der Waals surface area contributed by atoms with E-state index in [2.05, 4.69) is 17.9 Å². The van der Waals surface area contributed by atoms with Crippen LogP contribution in [-0.2, 0) is 9.68 Å². The van der Waals surface area contributed by atoms with Crippen LogP contribution in [0.4, 0.5) is 0 Å². The van der Waals surface area contributed by atoms with Crippen LogP contribution >= 0.6 is 0 Å². The van der Waals surface area contributed by atoms with Gasteiger partial charge in [0.25, 0.3) is 0 Å². The highest BCUT2D eigenvalue weighted by molar-refractivity contribution is 5.66. The molecule has 0 rings (SSSR count). The summed E-state index contributed by atoms with van der Waals surface area (Å²) in [6.07, 6.45) is 18.5. The molecular formula is C18H32O4. The van der Waals surface area contributed by atoms with Crippen LogP contribution in [0.25, 0.3) is 0 Å². The molecule has 4 heteroatoms. The van der Waals surface area contributed by atoms with Crippen LogP contribution in [0.5, 0.6) is 0 Å². The maximum atomic E-state index is 10.3. The number of hydrogen-bond donors (Lipinski definition) is 2. The van der Waals surface area contributed by atoms with Crippen LogP contribution in [0.2, 0.25) is 0 Å². The maximum Gasteiger partial charge on any atom is 0.303 e. The molecule has 0 aliphatic heterocycles. The number of allylic oxidation sites excluding steroid dienone is 3. The predicted molar refractivity (Wildman–Crippen MR) is 89.9 cm³/mol. The molecule has 0 saturated heterocycles. The highest BCUT2D eigenvalue weighted by Crippen LogP contribution is 2.09.